The molecule has 0 aliphatic carbocycles. The number of nitrogens with one attached hydrogen (secondary N) is 1. The summed E-state index contributed by atoms with van der Waals surface area (Å²) in [7, 11) is 0. The second-order valence-corrected chi connectivity index (χ2v) is 4.60. The maximum Gasteiger partial charge on any atom is 0.276 e. The number of hydrogen-bond donors (Lipinski definition) is 1. The van der Waals surface area contributed by atoms with Crippen LogP contribution in [0.2, 0.25) is 0 Å². The number of anilines is 1. The van der Waals surface area contributed by atoms with Crippen molar-refractivity contribution in [3.8, 4) is 0 Å². The minimum atomic E-state index is -0.0859. The first-order valence-electron chi connectivity index (χ1n) is 6.43. The van der Waals surface area contributed by atoms with Gasteiger partial charge in [0, 0.05) is 32.4 Å². The maximum atomic E-state index is 12.1. The summed E-state index contributed by atoms with van der Waals surface area (Å²) in [6, 6.07) is 1.89. The molecule has 20 heavy (non-hydrogen) atoms. The van der Waals surface area contributed by atoms with E-state index in [0.29, 0.717) is 18.8 Å². The molecule has 2 aromatic rings. The first-order chi connectivity index (χ1) is 9.74. The van der Waals surface area contributed by atoms with Crippen molar-refractivity contribution in [3.05, 3.63) is 30.0 Å². The average Bonchev–Trinajstić information content (AvgIpc) is 3.01. The number of piperazine rings is 1. The predicted octanol–water partition coefficient (Wildman–Crippen LogP) is -0.134. The Kier molecular flexibility index (Phi) is 3.28. The van der Waals surface area contributed by atoms with Gasteiger partial charge in [0.05, 0.1) is 6.20 Å². The number of hydrogen-bond acceptors (Lipinski definition) is 6. The fraction of sp³-hybridized carbons (Fsp3) is 0.417. The van der Waals surface area contributed by atoms with Crippen LogP contribution >= 0.6 is 0 Å². The van der Waals surface area contributed by atoms with E-state index in [1.165, 1.54) is 6.20 Å². The Bertz CT molecular complexity index is 590. The Balaban J connectivity index is 1.64. The summed E-state index contributed by atoms with van der Waals surface area (Å²) in [6.07, 6.45) is 3.20. The predicted molar refractivity (Wildman–Crippen MR) is 71.3 cm³/mol. The molecule has 2 aromatic heterocycles. The molecule has 1 saturated heterocycles. The highest BCUT2D eigenvalue weighted by Gasteiger charge is 2.24. The lowest BCUT2D eigenvalue weighted by Crippen LogP contribution is -2.49. The zero-order valence-corrected chi connectivity index (χ0v) is 11.2. The molecule has 0 unspecified atom stereocenters. The van der Waals surface area contributed by atoms with Crippen LogP contribution in [-0.4, -0.2) is 62.4 Å². The van der Waals surface area contributed by atoms with Crippen molar-refractivity contribution in [2.45, 2.75) is 6.92 Å². The van der Waals surface area contributed by atoms with Gasteiger partial charge >= 0.3 is 0 Å². The zero-order valence-electron chi connectivity index (χ0n) is 11.2. The van der Waals surface area contributed by atoms with Crippen LogP contribution < -0.4 is 4.90 Å². The molecule has 3 heterocycles. The first-order valence-corrected chi connectivity index (χ1v) is 6.43. The van der Waals surface area contributed by atoms with Gasteiger partial charge in [0.1, 0.15) is 11.6 Å². The fourth-order valence-corrected chi connectivity index (χ4v) is 2.23. The second kappa shape index (κ2) is 5.24. The normalized spacial score (nSPS) is 15.4. The molecule has 1 fully saturated rings. The lowest BCUT2D eigenvalue weighted by atomic mass is 10.3. The summed E-state index contributed by atoms with van der Waals surface area (Å²) >= 11 is 0. The van der Waals surface area contributed by atoms with Gasteiger partial charge in [0.15, 0.2) is 5.69 Å². The SMILES string of the molecule is Cc1nccc(N2CCN(C(=O)c3cn[nH]n3)CC2)n1. The quantitative estimate of drug-likeness (QED) is 0.819. The van der Waals surface area contributed by atoms with Crippen molar-refractivity contribution in [3.63, 3.8) is 0 Å². The van der Waals surface area contributed by atoms with Crippen molar-refractivity contribution in [1.29, 1.82) is 0 Å². The van der Waals surface area contributed by atoms with E-state index in [-0.39, 0.29) is 5.91 Å². The third-order valence-corrected chi connectivity index (χ3v) is 3.29. The molecule has 0 saturated carbocycles. The van der Waals surface area contributed by atoms with Gasteiger partial charge in [0.25, 0.3) is 5.91 Å². The van der Waals surface area contributed by atoms with Crippen LogP contribution in [0.5, 0.6) is 0 Å². The number of aromatic nitrogens is 5. The number of amides is 1. The fourth-order valence-electron chi connectivity index (χ4n) is 2.23. The highest BCUT2D eigenvalue weighted by molar-refractivity contribution is 5.92. The Hall–Kier alpha value is -2.51. The van der Waals surface area contributed by atoms with Crippen LogP contribution in [0.3, 0.4) is 0 Å². The lowest BCUT2D eigenvalue weighted by Gasteiger charge is -2.35. The summed E-state index contributed by atoms with van der Waals surface area (Å²) in [4.78, 5) is 24.5. The summed E-state index contributed by atoms with van der Waals surface area (Å²) in [5.74, 6) is 1.58. The molecule has 8 heteroatoms. The van der Waals surface area contributed by atoms with E-state index < -0.39 is 0 Å². The van der Waals surface area contributed by atoms with Gasteiger partial charge in [-0.1, -0.05) is 0 Å². The van der Waals surface area contributed by atoms with Crippen LogP contribution in [0.1, 0.15) is 16.3 Å². The molecule has 1 amide bonds. The van der Waals surface area contributed by atoms with Crippen molar-refractivity contribution in [2.24, 2.45) is 0 Å². The molecule has 1 aliphatic heterocycles. The summed E-state index contributed by atoms with van der Waals surface area (Å²) in [5.41, 5.74) is 0.358. The lowest BCUT2D eigenvalue weighted by molar-refractivity contribution is 0.0740. The largest absolute Gasteiger partial charge is 0.353 e. The van der Waals surface area contributed by atoms with E-state index >= 15 is 0 Å². The third kappa shape index (κ3) is 2.44. The van der Waals surface area contributed by atoms with Crippen LogP contribution in [0.25, 0.3) is 0 Å². The molecule has 8 nitrogen and oxygen atoms in total. The number of aromatic amines is 1. The van der Waals surface area contributed by atoms with Gasteiger partial charge in [-0.05, 0) is 13.0 Å². The molecular weight excluding hydrogens is 258 g/mol. The zero-order chi connectivity index (χ0) is 13.9. The van der Waals surface area contributed by atoms with E-state index in [9.17, 15) is 4.79 Å². The number of nitrogens with zero attached hydrogens (tertiary/aromatic N) is 6. The van der Waals surface area contributed by atoms with Gasteiger partial charge in [-0.15, -0.1) is 0 Å². The average molecular weight is 273 g/mol. The van der Waals surface area contributed by atoms with Crippen molar-refractivity contribution in [1.82, 2.24) is 30.3 Å². The molecule has 0 spiro atoms. The molecule has 0 aromatic carbocycles. The van der Waals surface area contributed by atoms with E-state index in [4.69, 9.17) is 0 Å². The number of aryl methyl sites for hydroxylation is 1. The number of carbonyl (C=O) groups is 1. The molecular formula is C12H15N7O. The molecule has 0 bridgehead atoms. The monoisotopic (exact) mass is 273 g/mol. The molecule has 3 rings (SSSR count). The van der Waals surface area contributed by atoms with Crippen molar-refractivity contribution in [2.75, 3.05) is 31.1 Å². The Morgan fingerprint density at radius 3 is 2.75 bits per heavy atom. The second-order valence-electron chi connectivity index (χ2n) is 4.60. The van der Waals surface area contributed by atoms with Crippen LogP contribution in [0.4, 0.5) is 5.82 Å². The van der Waals surface area contributed by atoms with Gasteiger partial charge in [-0.25, -0.2) is 9.97 Å². The van der Waals surface area contributed by atoms with Crippen molar-refractivity contribution < 1.29 is 4.79 Å². The molecule has 0 radical (unpaired) electrons. The number of carbonyl (C=O) groups excluding carboxylic acids is 1. The summed E-state index contributed by atoms with van der Waals surface area (Å²) < 4.78 is 0. The number of H-pyrrole nitrogens is 1. The van der Waals surface area contributed by atoms with Crippen LogP contribution in [0, 0.1) is 6.92 Å². The third-order valence-electron chi connectivity index (χ3n) is 3.29. The minimum Gasteiger partial charge on any atom is -0.353 e. The van der Waals surface area contributed by atoms with Gasteiger partial charge in [-0.2, -0.15) is 15.4 Å². The summed E-state index contributed by atoms with van der Waals surface area (Å²) in [6.45, 7) is 4.66. The van der Waals surface area contributed by atoms with Crippen molar-refractivity contribution >= 4 is 11.7 Å². The highest BCUT2D eigenvalue weighted by Crippen LogP contribution is 2.14. The van der Waals surface area contributed by atoms with E-state index in [2.05, 4.69) is 30.3 Å². The Morgan fingerprint density at radius 1 is 1.30 bits per heavy atom. The molecule has 104 valence electrons. The van der Waals surface area contributed by atoms with Gasteiger partial charge < -0.3 is 9.80 Å². The molecule has 0 atom stereocenters. The van der Waals surface area contributed by atoms with Crippen LogP contribution in [0.15, 0.2) is 18.5 Å². The standard InChI is InChI=1S/C12H15N7O/c1-9-13-3-2-11(15-9)18-4-6-19(7-5-18)12(20)10-8-14-17-16-10/h2-3,8H,4-7H2,1H3,(H,14,16,17). The van der Waals surface area contributed by atoms with Gasteiger partial charge in [0.2, 0.25) is 0 Å². The van der Waals surface area contributed by atoms with E-state index in [1.807, 2.05) is 13.0 Å². The molecule has 1 N–H and O–H groups in total. The van der Waals surface area contributed by atoms with E-state index in [1.54, 1.807) is 11.1 Å². The van der Waals surface area contributed by atoms with Gasteiger partial charge in [-0.3, -0.25) is 4.79 Å². The number of rotatable bonds is 2. The van der Waals surface area contributed by atoms with Crippen LogP contribution in [-0.2, 0) is 0 Å². The topological polar surface area (TPSA) is 90.9 Å². The minimum absolute atomic E-state index is 0.0859. The summed E-state index contributed by atoms with van der Waals surface area (Å²) in [5, 5.41) is 9.93. The van der Waals surface area contributed by atoms with E-state index in [0.717, 1.165) is 24.7 Å². The first kappa shape index (κ1) is 12.5. The Labute approximate surface area is 115 Å². The highest BCUT2D eigenvalue weighted by atomic mass is 16.2. The molecule has 1 aliphatic rings. The smallest absolute Gasteiger partial charge is 0.276 e. The maximum absolute atomic E-state index is 12.1. The Morgan fingerprint density at radius 2 is 2.10 bits per heavy atom.